The fraction of sp³-hybridized carbons (Fsp3) is 0.190. The molecule has 2 aromatic carbocycles. The lowest BCUT2D eigenvalue weighted by atomic mass is 10.2. The van der Waals surface area contributed by atoms with Crippen LogP contribution in [0.25, 0.3) is 6.08 Å². The molecule has 0 atom stereocenters. The van der Waals surface area contributed by atoms with Crippen LogP contribution < -0.4 is 9.47 Å². The molecule has 4 heteroatoms. The Morgan fingerprint density at radius 3 is 2.56 bits per heavy atom. The third kappa shape index (κ3) is 6.18. The maximum absolute atomic E-state index is 11.2. The molecule has 2 rings (SSSR count). The Labute approximate surface area is 148 Å². The molecule has 4 nitrogen and oxygen atoms in total. The van der Waals surface area contributed by atoms with E-state index in [1.807, 2.05) is 54.6 Å². The number of benzene rings is 2. The van der Waals surface area contributed by atoms with E-state index in [2.05, 4.69) is 0 Å². The maximum Gasteiger partial charge on any atom is 0.330 e. The van der Waals surface area contributed by atoms with Gasteiger partial charge < -0.3 is 14.2 Å². The molecule has 0 fully saturated rings. The molecule has 0 heterocycles. The first-order chi connectivity index (χ1) is 12.2. The largest absolute Gasteiger partial charge is 0.493 e. The molecule has 0 saturated carbocycles. The number of ether oxygens (including phenoxy) is 3. The highest BCUT2D eigenvalue weighted by molar-refractivity contribution is 5.82. The Balaban J connectivity index is 1.99. The second-order valence-electron chi connectivity index (χ2n) is 5.15. The average molecular weight is 338 g/mol. The van der Waals surface area contributed by atoms with Gasteiger partial charge in [-0.15, -0.1) is 0 Å². The van der Waals surface area contributed by atoms with E-state index in [1.54, 1.807) is 26.2 Å². The first-order valence-corrected chi connectivity index (χ1v) is 8.09. The summed E-state index contributed by atoms with van der Waals surface area (Å²) in [5.74, 6) is 0.993. The van der Waals surface area contributed by atoms with Crippen molar-refractivity contribution in [3.05, 3.63) is 77.9 Å². The van der Waals surface area contributed by atoms with Gasteiger partial charge in [-0.1, -0.05) is 54.6 Å². The van der Waals surface area contributed by atoms with Crippen LogP contribution >= 0.6 is 0 Å². The van der Waals surface area contributed by atoms with Crippen LogP contribution in [0.5, 0.6) is 11.5 Å². The minimum Gasteiger partial charge on any atom is -0.493 e. The summed E-state index contributed by atoms with van der Waals surface area (Å²) < 4.78 is 16.0. The molecule has 0 N–H and O–H groups in total. The van der Waals surface area contributed by atoms with Crippen LogP contribution in [0.1, 0.15) is 18.1 Å². The van der Waals surface area contributed by atoms with E-state index in [-0.39, 0.29) is 5.97 Å². The Kier molecular flexibility index (Phi) is 7.32. The molecule has 0 saturated heterocycles. The highest BCUT2D eigenvalue weighted by Gasteiger charge is 2.05. The Hall–Kier alpha value is -3.01. The zero-order valence-electron chi connectivity index (χ0n) is 14.5. The third-order valence-corrected chi connectivity index (χ3v) is 3.34. The summed E-state index contributed by atoms with van der Waals surface area (Å²) in [6.45, 7) is 2.62. The zero-order valence-corrected chi connectivity index (χ0v) is 14.5. The van der Waals surface area contributed by atoms with Gasteiger partial charge in [0.1, 0.15) is 6.61 Å². The number of methoxy groups -OCH3 is 1. The molecule has 0 unspecified atom stereocenters. The van der Waals surface area contributed by atoms with E-state index < -0.39 is 0 Å². The van der Waals surface area contributed by atoms with Gasteiger partial charge in [0.05, 0.1) is 13.7 Å². The Morgan fingerprint density at radius 1 is 1.04 bits per heavy atom. The number of esters is 1. The second-order valence-corrected chi connectivity index (χ2v) is 5.15. The number of rotatable bonds is 8. The van der Waals surface area contributed by atoms with E-state index in [0.717, 1.165) is 11.1 Å². The van der Waals surface area contributed by atoms with Crippen LogP contribution in [0.2, 0.25) is 0 Å². The molecule has 0 aliphatic rings. The van der Waals surface area contributed by atoms with E-state index in [9.17, 15) is 4.79 Å². The molecule has 2 aromatic rings. The lowest BCUT2D eigenvalue weighted by Gasteiger charge is -2.11. The van der Waals surface area contributed by atoms with Gasteiger partial charge in [0.2, 0.25) is 0 Å². The van der Waals surface area contributed by atoms with Gasteiger partial charge in [0.15, 0.2) is 11.5 Å². The van der Waals surface area contributed by atoms with E-state index >= 15 is 0 Å². The number of hydrogen-bond donors (Lipinski definition) is 0. The fourth-order valence-electron chi connectivity index (χ4n) is 2.13. The van der Waals surface area contributed by atoms with Crippen molar-refractivity contribution in [2.24, 2.45) is 0 Å². The molecule has 0 bridgehead atoms. The van der Waals surface area contributed by atoms with Gasteiger partial charge >= 0.3 is 5.97 Å². The highest BCUT2D eigenvalue weighted by Crippen LogP contribution is 2.29. The standard InChI is InChI=1S/C21H22O4/c1-3-24-21(22)12-8-7-9-17-13-14-19(20(15-17)23-2)25-16-18-10-5-4-6-11-18/h4-15H,3,16H2,1-2H3. The predicted molar refractivity (Wildman–Crippen MR) is 98.6 cm³/mol. The predicted octanol–water partition coefficient (Wildman–Crippen LogP) is 4.41. The van der Waals surface area contributed by atoms with Crippen molar-refractivity contribution in [1.29, 1.82) is 0 Å². The molecule has 0 radical (unpaired) electrons. The minimum atomic E-state index is -0.352. The molecular weight excluding hydrogens is 316 g/mol. The summed E-state index contributed by atoms with van der Waals surface area (Å²) in [4.78, 5) is 11.2. The summed E-state index contributed by atoms with van der Waals surface area (Å²) >= 11 is 0. The minimum absolute atomic E-state index is 0.352. The molecule has 0 amide bonds. The molecule has 0 spiro atoms. The van der Waals surface area contributed by atoms with Gasteiger partial charge in [-0.2, -0.15) is 0 Å². The lowest BCUT2D eigenvalue weighted by Crippen LogP contribution is -1.98. The van der Waals surface area contributed by atoms with Crippen molar-refractivity contribution < 1.29 is 19.0 Å². The lowest BCUT2D eigenvalue weighted by molar-refractivity contribution is -0.137. The summed E-state index contributed by atoms with van der Waals surface area (Å²) in [6.07, 6.45) is 6.67. The monoisotopic (exact) mass is 338 g/mol. The molecule has 0 aliphatic heterocycles. The van der Waals surface area contributed by atoms with Crippen molar-refractivity contribution in [2.75, 3.05) is 13.7 Å². The third-order valence-electron chi connectivity index (χ3n) is 3.34. The van der Waals surface area contributed by atoms with Crippen LogP contribution in [0.4, 0.5) is 0 Å². The summed E-state index contributed by atoms with van der Waals surface area (Å²) in [6, 6.07) is 15.6. The second kappa shape index (κ2) is 9.98. The quantitative estimate of drug-likeness (QED) is 0.406. The molecule has 130 valence electrons. The van der Waals surface area contributed by atoms with Crippen LogP contribution in [0.3, 0.4) is 0 Å². The Morgan fingerprint density at radius 2 is 1.84 bits per heavy atom. The van der Waals surface area contributed by atoms with E-state index in [0.29, 0.717) is 24.7 Å². The van der Waals surface area contributed by atoms with Gasteiger partial charge in [-0.25, -0.2) is 4.79 Å². The van der Waals surface area contributed by atoms with Crippen LogP contribution in [0.15, 0.2) is 66.8 Å². The van der Waals surface area contributed by atoms with Crippen LogP contribution in [-0.4, -0.2) is 19.7 Å². The smallest absolute Gasteiger partial charge is 0.330 e. The fourth-order valence-corrected chi connectivity index (χ4v) is 2.13. The van der Waals surface area contributed by atoms with Crippen LogP contribution in [0, 0.1) is 0 Å². The number of carbonyl (C=O) groups excluding carboxylic acids is 1. The molecular formula is C21H22O4. The van der Waals surface area contributed by atoms with Crippen molar-refractivity contribution in [1.82, 2.24) is 0 Å². The molecule has 0 aromatic heterocycles. The van der Waals surface area contributed by atoms with Crippen molar-refractivity contribution >= 4 is 12.0 Å². The van der Waals surface area contributed by atoms with Crippen molar-refractivity contribution in [3.8, 4) is 11.5 Å². The normalized spacial score (nSPS) is 11.0. The SMILES string of the molecule is CCOC(=O)C=CC=Cc1ccc(OCc2ccccc2)c(OC)c1. The molecule has 25 heavy (non-hydrogen) atoms. The first-order valence-electron chi connectivity index (χ1n) is 8.09. The maximum atomic E-state index is 11.2. The number of allylic oxidation sites excluding steroid dienone is 2. The first kappa shape index (κ1) is 18.3. The number of hydrogen-bond acceptors (Lipinski definition) is 4. The zero-order chi connectivity index (χ0) is 17.9. The van der Waals surface area contributed by atoms with Crippen molar-refractivity contribution in [2.45, 2.75) is 13.5 Å². The summed E-state index contributed by atoms with van der Waals surface area (Å²) in [5.41, 5.74) is 2.04. The van der Waals surface area contributed by atoms with E-state index in [4.69, 9.17) is 14.2 Å². The number of carbonyl (C=O) groups is 1. The van der Waals surface area contributed by atoms with E-state index in [1.165, 1.54) is 6.08 Å². The highest BCUT2D eigenvalue weighted by atomic mass is 16.5. The Bertz CT molecular complexity index is 733. The van der Waals surface area contributed by atoms with Gasteiger partial charge in [0, 0.05) is 6.08 Å². The van der Waals surface area contributed by atoms with Gasteiger partial charge in [-0.3, -0.25) is 0 Å². The van der Waals surface area contributed by atoms with Crippen molar-refractivity contribution in [3.63, 3.8) is 0 Å². The summed E-state index contributed by atoms with van der Waals surface area (Å²) in [7, 11) is 1.61. The topological polar surface area (TPSA) is 44.8 Å². The van der Waals surface area contributed by atoms with Crippen LogP contribution in [-0.2, 0) is 16.1 Å². The average Bonchev–Trinajstić information content (AvgIpc) is 2.65. The summed E-state index contributed by atoms with van der Waals surface area (Å²) in [5, 5.41) is 0. The van der Waals surface area contributed by atoms with Gasteiger partial charge in [-0.05, 0) is 30.2 Å². The van der Waals surface area contributed by atoms with Gasteiger partial charge in [0.25, 0.3) is 0 Å². The molecule has 0 aliphatic carbocycles.